The van der Waals surface area contributed by atoms with Crippen molar-refractivity contribution in [2.24, 2.45) is 0 Å². The van der Waals surface area contributed by atoms with Crippen LogP contribution in [0.15, 0.2) is 24.3 Å². The van der Waals surface area contributed by atoms with Crippen LogP contribution in [0.4, 0.5) is 4.39 Å². The van der Waals surface area contributed by atoms with E-state index >= 15 is 0 Å². The minimum Gasteiger partial charge on any atom is -0.309 e. The van der Waals surface area contributed by atoms with Crippen LogP contribution in [0.1, 0.15) is 18.9 Å². The molecule has 0 aromatic heterocycles. The quantitative estimate of drug-likeness (QED) is 0.720. The SMILES string of the molecule is C#CCC(C)NCc1ccccc1F. The fraction of sp³-hybridized carbons (Fsp3) is 0.333. The molecule has 0 aliphatic rings. The summed E-state index contributed by atoms with van der Waals surface area (Å²) in [5, 5.41) is 3.16. The van der Waals surface area contributed by atoms with Crippen LogP contribution >= 0.6 is 0 Å². The number of nitrogens with one attached hydrogen (secondary N) is 1. The van der Waals surface area contributed by atoms with Gasteiger partial charge in [-0.3, -0.25) is 0 Å². The van der Waals surface area contributed by atoms with E-state index in [-0.39, 0.29) is 11.9 Å². The Morgan fingerprint density at radius 2 is 2.21 bits per heavy atom. The summed E-state index contributed by atoms with van der Waals surface area (Å²) in [4.78, 5) is 0. The van der Waals surface area contributed by atoms with E-state index in [4.69, 9.17) is 6.42 Å². The molecule has 0 bridgehead atoms. The number of hydrogen-bond donors (Lipinski definition) is 1. The second-order valence-electron chi connectivity index (χ2n) is 3.28. The molecule has 0 saturated heterocycles. The first kappa shape index (κ1) is 10.7. The minimum atomic E-state index is -0.173. The molecule has 0 aliphatic carbocycles. The van der Waals surface area contributed by atoms with Crippen LogP contribution in [-0.2, 0) is 6.54 Å². The third-order valence-corrected chi connectivity index (χ3v) is 2.02. The molecule has 0 radical (unpaired) electrons. The van der Waals surface area contributed by atoms with Crippen molar-refractivity contribution in [3.63, 3.8) is 0 Å². The summed E-state index contributed by atoms with van der Waals surface area (Å²) < 4.78 is 13.1. The fourth-order valence-corrected chi connectivity index (χ4v) is 1.17. The fourth-order valence-electron chi connectivity index (χ4n) is 1.17. The molecule has 1 rings (SSSR count). The predicted molar refractivity (Wildman–Crippen MR) is 56.2 cm³/mol. The van der Waals surface area contributed by atoms with Gasteiger partial charge >= 0.3 is 0 Å². The van der Waals surface area contributed by atoms with Gasteiger partial charge in [0.25, 0.3) is 0 Å². The third kappa shape index (κ3) is 3.20. The highest BCUT2D eigenvalue weighted by atomic mass is 19.1. The molecule has 0 heterocycles. The van der Waals surface area contributed by atoms with Crippen LogP contribution in [-0.4, -0.2) is 6.04 Å². The summed E-state index contributed by atoms with van der Waals surface area (Å²) in [6.07, 6.45) is 5.83. The highest BCUT2D eigenvalue weighted by molar-refractivity contribution is 5.17. The zero-order chi connectivity index (χ0) is 10.4. The van der Waals surface area contributed by atoms with E-state index in [0.29, 0.717) is 18.5 Å². The van der Waals surface area contributed by atoms with Crippen LogP contribution in [0, 0.1) is 18.2 Å². The summed E-state index contributed by atoms with van der Waals surface area (Å²) in [5.74, 6) is 2.39. The third-order valence-electron chi connectivity index (χ3n) is 2.02. The summed E-state index contributed by atoms with van der Waals surface area (Å²) in [6, 6.07) is 6.96. The molecular weight excluding hydrogens is 177 g/mol. The van der Waals surface area contributed by atoms with Gasteiger partial charge in [0.15, 0.2) is 0 Å². The molecule has 0 aliphatic heterocycles. The number of halogens is 1. The second kappa shape index (κ2) is 5.41. The van der Waals surface area contributed by atoms with Gasteiger partial charge in [-0.2, -0.15) is 0 Å². The second-order valence-corrected chi connectivity index (χ2v) is 3.28. The molecule has 1 aromatic rings. The van der Waals surface area contributed by atoms with E-state index in [0.717, 1.165) is 0 Å². The Bertz CT molecular complexity index is 327. The lowest BCUT2D eigenvalue weighted by Gasteiger charge is -2.10. The normalized spacial score (nSPS) is 12.1. The van der Waals surface area contributed by atoms with Crippen molar-refractivity contribution in [3.8, 4) is 12.3 Å². The van der Waals surface area contributed by atoms with E-state index in [9.17, 15) is 4.39 Å². The maximum absolute atomic E-state index is 13.1. The maximum Gasteiger partial charge on any atom is 0.127 e. The molecule has 14 heavy (non-hydrogen) atoms. The van der Waals surface area contributed by atoms with Crippen LogP contribution < -0.4 is 5.32 Å². The number of hydrogen-bond acceptors (Lipinski definition) is 1. The van der Waals surface area contributed by atoms with Gasteiger partial charge in [0.05, 0.1) is 0 Å². The first-order valence-electron chi connectivity index (χ1n) is 4.64. The summed E-state index contributed by atoms with van der Waals surface area (Å²) in [6.45, 7) is 2.51. The molecule has 0 fully saturated rings. The molecule has 1 unspecified atom stereocenters. The highest BCUT2D eigenvalue weighted by Gasteiger charge is 2.02. The van der Waals surface area contributed by atoms with E-state index in [1.807, 2.05) is 13.0 Å². The summed E-state index contributed by atoms with van der Waals surface area (Å²) in [5.41, 5.74) is 0.677. The van der Waals surface area contributed by atoms with Gasteiger partial charge in [-0.05, 0) is 13.0 Å². The van der Waals surface area contributed by atoms with Crippen LogP contribution in [0.3, 0.4) is 0 Å². The lowest BCUT2D eigenvalue weighted by molar-refractivity contribution is 0.535. The van der Waals surface area contributed by atoms with Crippen LogP contribution in [0.25, 0.3) is 0 Å². The van der Waals surface area contributed by atoms with Crippen LogP contribution in [0.5, 0.6) is 0 Å². The number of rotatable bonds is 4. The zero-order valence-corrected chi connectivity index (χ0v) is 8.26. The Morgan fingerprint density at radius 1 is 1.50 bits per heavy atom. The molecule has 74 valence electrons. The standard InChI is InChI=1S/C12H14FN/c1-3-6-10(2)14-9-11-7-4-5-8-12(11)13/h1,4-5,7-8,10,14H,6,9H2,2H3. The largest absolute Gasteiger partial charge is 0.309 e. The van der Waals surface area contributed by atoms with E-state index in [1.165, 1.54) is 6.07 Å². The first-order chi connectivity index (χ1) is 6.74. The van der Waals surface area contributed by atoms with Gasteiger partial charge in [0, 0.05) is 24.6 Å². The zero-order valence-electron chi connectivity index (χ0n) is 8.26. The number of benzene rings is 1. The predicted octanol–water partition coefficient (Wildman–Crippen LogP) is 2.33. The minimum absolute atomic E-state index is 0.173. The molecule has 0 amide bonds. The monoisotopic (exact) mass is 191 g/mol. The lowest BCUT2D eigenvalue weighted by Crippen LogP contribution is -2.25. The highest BCUT2D eigenvalue weighted by Crippen LogP contribution is 2.06. The molecule has 2 heteroatoms. The Morgan fingerprint density at radius 3 is 2.86 bits per heavy atom. The van der Waals surface area contributed by atoms with Crippen molar-refractivity contribution in [1.29, 1.82) is 0 Å². The van der Waals surface area contributed by atoms with Gasteiger partial charge < -0.3 is 5.32 Å². The molecular formula is C12H14FN. The average Bonchev–Trinajstić information content (AvgIpc) is 2.17. The van der Waals surface area contributed by atoms with Gasteiger partial charge in [0.2, 0.25) is 0 Å². The molecule has 0 saturated carbocycles. The van der Waals surface area contributed by atoms with Gasteiger partial charge in [-0.15, -0.1) is 12.3 Å². The Balaban J connectivity index is 2.46. The van der Waals surface area contributed by atoms with Gasteiger partial charge in [-0.25, -0.2) is 4.39 Å². The molecule has 0 spiro atoms. The molecule has 1 atom stereocenters. The summed E-state index contributed by atoms with van der Waals surface area (Å²) in [7, 11) is 0. The van der Waals surface area contributed by atoms with E-state index in [1.54, 1.807) is 12.1 Å². The Hall–Kier alpha value is -1.33. The topological polar surface area (TPSA) is 12.0 Å². The van der Waals surface area contributed by atoms with Crippen molar-refractivity contribution in [2.75, 3.05) is 0 Å². The van der Waals surface area contributed by atoms with E-state index < -0.39 is 0 Å². The van der Waals surface area contributed by atoms with Crippen molar-refractivity contribution >= 4 is 0 Å². The Labute approximate surface area is 84.3 Å². The van der Waals surface area contributed by atoms with Crippen molar-refractivity contribution in [2.45, 2.75) is 25.9 Å². The van der Waals surface area contributed by atoms with Gasteiger partial charge in [0.1, 0.15) is 5.82 Å². The number of terminal acetylenes is 1. The molecule has 1 nitrogen and oxygen atoms in total. The smallest absolute Gasteiger partial charge is 0.127 e. The van der Waals surface area contributed by atoms with Crippen molar-refractivity contribution < 1.29 is 4.39 Å². The summed E-state index contributed by atoms with van der Waals surface area (Å²) >= 11 is 0. The van der Waals surface area contributed by atoms with Crippen molar-refractivity contribution in [1.82, 2.24) is 5.32 Å². The average molecular weight is 191 g/mol. The van der Waals surface area contributed by atoms with E-state index in [2.05, 4.69) is 11.2 Å². The first-order valence-corrected chi connectivity index (χ1v) is 4.64. The lowest BCUT2D eigenvalue weighted by atomic mass is 10.2. The maximum atomic E-state index is 13.1. The van der Waals surface area contributed by atoms with Crippen LogP contribution in [0.2, 0.25) is 0 Å². The molecule has 1 N–H and O–H groups in total. The van der Waals surface area contributed by atoms with Crippen molar-refractivity contribution in [3.05, 3.63) is 35.6 Å². The van der Waals surface area contributed by atoms with Gasteiger partial charge in [-0.1, -0.05) is 18.2 Å². The molecule has 1 aromatic carbocycles. The Kier molecular flexibility index (Phi) is 4.15.